The Balaban J connectivity index is 1.04. The fourth-order valence-electron chi connectivity index (χ4n) is 15.1. The van der Waals surface area contributed by atoms with Gasteiger partial charge in [-0.1, -0.05) is 62.7 Å². The van der Waals surface area contributed by atoms with Crippen molar-refractivity contribution in [3.8, 4) is 0 Å². The van der Waals surface area contributed by atoms with Crippen LogP contribution in [0.3, 0.4) is 0 Å². The molecule has 43 heavy (non-hydrogen) atoms. The van der Waals surface area contributed by atoms with Gasteiger partial charge in [-0.2, -0.15) is 0 Å². The normalized spacial score (nSPS) is 51.5. The Kier molecular flexibility index (Phi) is 8.40. The van der Waals surface area contributed by atoms with Crippen molar-refractivity contribution in [3.05, 3.63) is 22.6 Å². The molecule has 14 unspecified atom stereocenters. The molecule has 9 aliphatic rings. The number of hydrogen-bond acceptors (Lipinski definition) is 1. The van der Waals surface area contributed by atoms with Crippen LogP contribution in [0.2, 0.25) is 0 Å². The molecule has 0 aromatic carbocycles. The Morgan fingerprint density at radius 2 is 1.19 bits per heavy atom. The minimum atomic E-state index is 0.979. The first kappa shape index (κ1) is 29.0. The molecule has 1 heterocycles. The molecule has 6 saturated carbocycles. The van der Waals surface area contributed by atoms with Gasteiger partial charge in [0, 0.05) is 5.25 Å². The summed E-state index contributed by atoms with van der Waals surface area (Å²) in [4.78, 5) is 1.91. The van der Waals surface area contributed by atoms with Crippen molar-refractivity contribution in [1.29, 1.82) is 0 Å². The summed E-state index contributed by atoms with van der Waals surface area (Å²) in [7, 11) is 0. The van der Waals surface area contributed by atoms with E-state index in [9.17, 15) is 0 Å². The lowest BCUT2D eigenvalue weighted by Crippen LogP contribution is -2.55. The van der Waals surface area contributed by atoms with Crippen LogP contribution in [0.4, 0.5) is 0 Å². The van der Waals surface area contributed by atoms with Crippen molar-refractivity contribution >= 4 is 11.8 Å². The minimum absolute atomic E-state index is 0.979. The highest BCUT2D eigenvalue weighted by Crippen LogP contribution is 2.65. The zero-order valence-electron chi connectivity index (χ0n) is 27.6. The van der Waals surface area contributed by atoms with Crippen LogP contribution >= 0.6 is 11.8 Å². The molecule has 0 aromatic rings. The van der Waals surface area contributed by atoms with Gasteiger partial charge in [0.15, 0.2) is 0 Å². The van der Waals surface area contributed by atoms with E-state index < -0.39 is 0 Å². The Morgan fingerprint density at radius 1 is 0.465 bits per heavy atom. The van der Waals surface area contributed by atoms with Gasteiger partial charge in [0.25, 0.3) is 0 Å². The first-order chi connectivity index (χ1) is 21.3. The van der Waals surface area contributed by atoms with Crippen LogP contribution in [-0.4, -0.2) is 5.25 Å². The van der Waals surface area contributed by atoms with E-state index in [4.69, 9.17) is 0 Å². The standard InChI is InChI=1S/C42H64S/c1-2-12-28(13-3-1)40-33-15-6-7-16-34(33)41(31-22-21-27-11-4-5-14-29(27)25-31)37-26-30(23-24-35(37)40)32-18-10-20-39-42(32)36-17-8-9-19-38(36)43-39/h1-2,27-35,37,39-42H,3-26H2. The molecule has 1 heteroatoms. The lowest BCUT2D eigenvalue weighted by molar-refractivity contribution is -0.127. The van der Waals surface area contributed by atoms with Gasteiger partial charge in [-0.3, -0.25) is 0 Å². The van der Waals surface area contributed by atoms with Gasteiger partial charge in [-0.15, -0.1) is 11.8 Å². The van der Waals surface area contributed by atoms with Crippen molar-refractivity contribution in [3.63, 3.8) is 0 Å². The molecule has 9 rings (SSSR count). The zero-order chi connectivity index (χ0) is 28.3. The van der Waals surface area contributed by atoms with Crippen LogP contribution in [0.1, 0.15) is 154 Å². The summed E-state index contributed by atoms with van der Waals surface area (Å²) in [5, 5.41) is 0.979. The molecule has 0 bridgehead atoms. The molecule has 14 atom stereocenters. The molecule has 0 N–H and O–H groups in total. The highest BCUT2D eigenvalue weighted by atomic mass is 32.2. The van der Waals surface area contributed by atoms with Crippen molar-refractivity contribution in [1.82, 2.24) is 0 Å². The lowest BCUT2D eigenvalue weighted by Gasteiger charge is -2.62. The van der Waals surface area contributed by atoms with Crippen LogP contribution in [0.25, 0.3) is 0 Å². The Morgan fingerprint density at radius 3 is 2.05 bits per heavy atom. The molecule has 0 spiro atoms. The van der Waals surface area contributed by atoms with E-state index in [1.54, 1.807) is 103 Å². The fraction of sp³-hybridized carbons (Fsp3) is 0.905. The number of fused-ring (bicyclic) bond motifs is 5. The third-order valence-electron chi connectivity index (χ3n) is 16.5. The molecular formula is C42H64S. The number of allylic oxidation sites excluding steroid dienone is 4. The van der Waals surface area contributed by atoms with Gasteiger partial charge in [-0.05, 0) is 191 Å². The minimum Gasteiger partial charge on any atom is -0.127 e. The van der Waals surface area contributed by atoms with Crippen molar-refractivity contribution in [2.24, 2.45) is 76.9 Å². The summed E-state index contributed by atoms with van der Waals surface area (Å²) < 4.78 is 0. The van der Waals surface area contributed by atoms with E-state index in [1.807, 2.05) is 10.5 Å². The first-order valence-corrected chi connectivity index (χ1v) is 21.2. The zero-order valence-corrected chi connectivity index (χ0v) is 28.4. The van der Waals surface area contributed by atoms with Crippen molar-refractivity contribution < 1.29 is 0 Å². The van der Waals surface area contributed by atoms with Gasteiger partial charge < -0.3 is 0 Å². The maximum atomic E-state index is 2.62. The van der Waals surface area contributed by atoms with E-state index in [1.165, 1.54) is 51.4 Å². The second-order valence-corrected chi connectivity index (χ2v) is 19.4. The molecule has 0 nitrogen and oxygen atoms in total. The summed E-state index contributed by atoms with van der Waals surface area (Å²) in [6.45, 7) is 0. The van der Waals surface area contributed by atoms with E-state index in [2.05, 4.69) is 23.9 Å². The monoisotopic (exact) mass is 600 g/mol. The molecule has 8 aliphatic carbocycles. The van der Waals surface area contributed by atoms with Crippen LogP contribution in [-0.2, 0) is 0 Å². The number of rotatable bonds is 3. The number of thioether (sulfide) groups is 1. The Labute approximate surface area is 269 Å². The quantitative estimate of drug-likeness (QED) is 0.290. The van der Waals surface area contributed by atoms with Crippen molar-refractivity contribution in [2.75, 3.05) is 0 Å². The summed E-state index contributed by atoms with van der Waals surface area (Å²) in [6, 6.07) is 0. The van der Waals surface area contributed by atoms with Gasteiger partial charge in [0.05, 0.1) is 0 Å². The third kappa shape index (κ3) is 5.21. The SMILES string of the molecule is C1=CCC(C2C3CCCCC3C(C3CCC4CCCCC4C3)C3CC(C4CCCC5SC6=C(CCCC6)C54)CCC32)CC1. The third-order valence-corrected chi connectivity index (χ3v) is 18.1. The van der Waals surface area contributed by atoms with Gasteiger partial charge in [-0.25, -0.2) is 0 Å². The first-order valence-electron chi connectivity index (χ1n) is 20.4. The van der Waals surface area contributed by atoms with E-state index in [0.717, 1.165) is 82.2 Å². The molecular weight excluding hydrogens is 537 g/mol. The van der Waals surface area contributed by atoms with E-state index in [0.29, 0.717) is 0 Å². The molecule has 0 saturated heterocycles. The predicted molar refractivity (Wildman–Crippen MR) is 184 cm³/mol. The molecule has 0 amide bonds. The molecule has 1 aliphatic heterocycles. The van der Waals surface area contributed by atoms with Gasteiger partial charge in [0.1, 0.15) is 0 Å². The van der Waals surface area contributed by atoms with Crippen LogP contribution in [0, 0.1) is 76.9 Å². The van der Waals surface area contributed by atoms with Crippen LogP contribution in [0.5, 0.6) is 0 Å². The Hall–Kier alpha value is -0.170. The van der Waals surface area contributed by atoms with Crippen molar-refractivity contribution in [2.45, 2.75) is 159 Å². The Bertz CT molecular complexity index is 1050. The van der Waals surface area contributed by atoms with Gasteiger partial charge in [0.2, 0.25) is 0 Å². The lowest BCUT2D eigenvalue weighted by atomic mass is 9.43. The molecule has 0 aromatic heterocycles. The summed E-state index contributed by atoms with van der Waals surface area (Å²) in [6.07, 6.45) is 42.5. The second kappa shape index (κ2) is 12.5. The van der Waals surface area contributed by atoms with Crippen LogP contribution < -0.4 is 0 Å². The van der Waals surface area contributed by atoms with Crippen LogP contribution in [0.15, 0.2) is 22.6 Å². The predicted octanol–water partition coefficient (Wildman–Crippen LogP) is 12.4. The fourth-order valence-corrected chi connectivity index (χ4v) is 16.9. The molecule has 6 fully saturated rings. The summed E-state index contributed by atoms with van der Waals surface area (Å²) in [5.74, 6) is 14.0. The largest absolute Gasteiger partial charge is 0.127 e. The molecule has 238 valence electrons. The summed E-state index contributed by atoms with van der Waals surface area (Å²) >= 11 is 2.41. The number of hydrogen-bond donors (Lipinski definition) is 0. The maximum Gasteiger partial charge on any atom is 0.0160 e. The summed E-state index contributed by atoms with van der Waals surface area (Å²) in [5.41, 5.74) is 2.03. The highest BCUT2D eigenvalue weighted by molar-refractivity contribution is 8.04. The van der Waals surface area contributed by atoms with E-state index in [-0.39, 0.29) is 0 Å². The highest BCUT2D eigenvalue weighted by Gasteiger charge is 2.57. The average molecular weight is 601 g/mol. The van der Waals surface area contributed by atoms with Gasteiger partial charge >= 0.3 is 0 Å². The van der Waals surface area contributed by atoms with E-state index >= 15 is 0 Å². The second-order valence-electron chi connectivity index (χ2n) is 18.0. The maximum absolute atomic E-state index is 2.62. The molecule has 0 radical (unpaired) electrons. The average Bonchev–Trinajstić information content (AvgIpc) is 3.46. The topological polar surface area (TPSA) is 0 Å². The smallest absolute Gasteiger partial charge is 0.0160 e.